The highest BCUT2D eigenvalue weighted by Gasteiger charge is 2.30. The van der Waals surface area contributed by atoms with Gasteiger partial charge in [0.25, 0.3) is 0 Å². The molecule has 0 aliphatic heterocycles. The Hall–Kier alpha value is -1.94. The van der Waals surface area contributed by atoms with Gasteiger partial charge in [-0.2, -0.15) is 0 Å². The van der Waals surface area contributed by atoms with Gasteiger partial charge in [0.05, 0.1) is 26.4 Å². The van der Waals surface area contributed by atoms with Gasteiger partial charge in [0, 0.05) is 25.7 Å². The molecule has 0 rings (SSSR count). The maximum absolute atomic E-state index is 13.2. The third-order valence-electron chi connectivity index (χ3n) is 20.7. The second-order valence-corrected chi connectivity index (χ2v) is 35.5. The average Bonchev–Trinajstić information content (AvgIpc) is 0.908. The predicted octanol–water partition coefficient (Wildman–Crippen LogP) is 27.0. The summed E-state index contributed by atoms with van der Waals surface area (Å²) in [4.78, 5) is 73.3. The first-order valence-electron chi connectivity index (χ1n) is 45.5. The van der Waals surface area contributed by atoms with Gasteiger partial charge in [0.1, 0.15) is 19.3 Å². The van der Waals surface area contributed by atoms with Gasteiger partial charge in [-0.3, -0.25) is 37.3 Å². The summed E-state index contributed by atoms with van der Waals surface area (Å²) < 4.78 is 69.0. The van der Waals surface area contributed by atoms with Crippen LogP contribution in [-0.4, -0.2) is 96.7 Å². The standard InChI is InChI=1S/C88H172O17P2/c1-7-9-11-13-15-17-19-20-21-22-26-29-35-41-47-53-59-65-71-86(91)99-77-84(105-87(92)72-66-60-54-48-42-36-30-27-24-23-25-28-33-39-44-50-56-62-68-80(3)4)79-103-107(96,97)101-75-82(89)74-100-106(94,95)102-78-83(76-98-85(90)70-64-58-52-46-38-18-16-14-12-10-8-2)104-88(93)73-67-61-55-49-43-37-32-31-34-40-45-51-57-63-69-81(5)6/h80-84,89H,7-79H2,1-6H3,(H,94,95)(H,96,97)/t82-,83+,84+/m0/s1. The first-order chi connectivity index (χ1) is 51.9. The molecule has 0 heterocycles. The minimum Gasteiger partial charge on any atom is -0.462 e. The average molecular weight is 1560 g/mol. The normalized spacial score (nSPS) is 13.8. The van der Waals surface area contributed by atoms with Crippen LogP contribution in [0.15, 0.2) is 0 Å². The number of carbonyl (C=O) groups excluding carboxylic acids is 4. The van der Waals surface area contributed by atoms with Crippen LogP contribution in [0.25, 0.3) is 0 Å². The van der Waals surface area contributed by atoms with Gasteiger partial charge in [-0.1, -0.05) is 420 Å². The van der Waals surface area contributed by atoms with Crippen LogP contribution in [0.1, 0.15) is 472 Å². The van der Waals surface area contributed by atoms with E-state index in [-0.39, 0.29) is 25.7 Å². The number of phosphoric acid groups is 2. The molecule has 0 spiro atoms. The number of esters is 4. The molecule has 107 heavy (non-hydrogen) atoms. The Bertz CT molecular complexity index is 2050. The number of hydrogen-bond donors (Lipinski definition) is 3. The topological polar surface area (TPSA) is 237 Å². The van der Waals surface area contributed by atoms with Crippen LogP contribution >= 0.6 is 15.6 Å². The number of hydrogen-bond acceptors (Lipinski definition) is 15. The summed E-state index contributed by atoms with van der Waals surface area (Å²) in [5, 5.41) is 10.7. The molecule has 0 aromatic carbocycles. The Balaban J connectivity index is 5.24. The van der Waals surface area contributed by atoms with Crippen molar-refractivity contribution in [1.29, 1.82) is 0 Å². The van der Waals surface area contributed by atoms with Gasteiger partial charge in [0.2, 0.25) is 0 Å². The van der Waals surface area contributed by atoms with E-state index in [0.717, 1.165) is 102 Å². The van der Waals surface area contributed by atoms with Gasteiger partial charge in [-0.25, -0.2) is 9.13 Å². The van der Waals surface area contributed by atoms with Crippen molar-refractivity contribution >= 4 is 39.5 Å². The van der Waals surface area contributed by atoms with Crippen LogP contribution in [0.5, 0.6) is 0 Å². The summed E-state index contributed by atoms with van der Waals surface area (Å²) >= 11 is 0. The molecule has 0 saturated carbocycles. The maximum atomic E-state index is 13.2. The molecule has 2 unspecified atom stereocenters. The number of aliphatic hydroxyl groups is 1. The van der Waals surface area contributed by atoms with E-state index in [1.807, 2.05) is 0 Å². The maximum Gasteiger partial charge on any atom is 0.472 e. The summed E-state index contributed by atoms with van der Waals surface area (Å²) in [5.41, 5.74) is 0. The first-order valence-corrected chi connectivity index (χ1v) is 48.5. The molecule has 19 heteroatoms. The molecule has 0 bridgehead atoms. The fourth-order valence-electron chi connectivity index (χ4n) is 13.8. The predicted molar refractivity (Wildman–Crippen MR) is 442 cm³/mol. The van der Waals surface area contributed by atoms with E-state index in [1.54, 1.807) is 0 Å². The third-order valence-corrected chi connectivity index (χ3v) is 22.6. The van der Waals surface area contributed by atoms with E-state index in [4.69, 9.17) is 37.0 Å². The number of carbonyl (C=O) groups is 4. The van der Waals surface area contributed by atoms with E-state index >= 15 is 0 Å². The van der Waals surface area contributed by atoms with E-state index in [1.165, 1.54) is 289 Å². The van der Waals surface area contributed by atoms with Crippen LogP contribution < -0.4 is 0 Å². The van der Waals surface area contributed by atoms with Crippen molar-refractivity contribution in [2.75, 3.05) is 39.6 Å². The fraction of sp³-hybridized carbons (Fsp3) is 0.955. The van der Waals surface area contributed by atoms with Crippen molar-refractivity contribution in [2.24, 2.45) is 11.8 Å². The van der Waals surface area contributed by atoms with Crippen molar-refractivity contribution in [3.63, 3.8) is 0 Å². The number of unbranched alkanes of at least 4 members (excludes halogenated alkanes) is 57. The molecule has 17 nitrogen and oxygen atoms in total. The molecule has 636 valence electrons. The van der Waals surface area contributed by atoms with Gasteiger partial charge in [-0.05, 0) is 37.5 Å². The first kappa shape index (κ1) is 105. The van der Waals surface area contributed by atoms with E-state index < -0.39 is 97.5 Å². The Labute approximate surface area is 658 Å². The van der Waals surface area contributed by atoms with Crippen LogP contribution in [0.3, 0.4) is 0 Å². The second kappa shape index (κ2) is 79.3. The molecular formula is C88H172O17P2. The van der Waals surface area contributed by atoms with Crippen molar-refractivity contribution in [1.82, 2.24) is 0 Å². The Morgan fingerprint density at radius 3 is 0.636 bits per heavy atom. The smallest absolute Gasteiger partial charge is 0.462 e. The fourth-order valence-corrected chi connectivity index (χ4v) is 15.4. The zero-order valence-electron chi connectivity index (χ0n) is 70.5. The van der Waals surface area contributed by atoms with Gasteiger partial charge in [0.15, 0.2) is 12.2 Å². The monoisotopic (exact) mass is 1560 g/mol. The Morgan fingerprint density at radius 1 is 0.252 bits per heavy atom. The van der Waals surface area contributed by atoms with Crippen molar-refractivity contribution in [2.45, 2.75) is 490 Å². The summed E-state index contributed by atoms with van der Waals surface area (Å²) in [6.07, 6.45) is 72.2. The van der Waals surface area contributed by atoms with Crippen molar-refractivity contribution in [3.05, 3.63) is 0 Å². The minimum atomic E-state index is -4.97. The molecule has 0 aromatic rings. The lowest BCUT2D eigenvalue weighted by Gasteiger charge is -2.21. The SMILES string of the molecule is CCCCCCCCCCCCCCCCCCCCC(=O)OC[C@H](COP(=O)(O)OC[C@@H](O)COP(=O)(O)OC[C@@H](COC(=O)CCCCCCCCCCCCC)OC(=O)CCCCCCCCCCCCCCCCC(C)C)OC(=O)CCCCCCCCCCCCCCCCCCCCC(C)C. The number of aliphatic hydroxyl groups excluding tert-OH is 1. The zero-order valence-corrected chi connectivity index (χ0v) is 72.2. The summed E-state index contributed by atoms with van der Waals surface area (Å²) in [6.45, 7) is 9.74. The van der Waals surface area contributed by atoms with E-state index in [0.29, 0.717) is 25.7 Å². The zero-order chi connectivity index (χ0) is 78.5. The number of rotatable bonds is 87. The molecule has 0 aromatic heterocycles. The molecular weight excluding hydrogens is 1390 g/mol. The highest BCUT2D eigenvalue weighted by molar-refractivity contribution is 7.47. The summed E-state index contributed by atoms with van der Waals surface area (Å²) in [7, 11) is -9.93. The lowest BCUT2D eigenvalue weighted by Crippen LogP contribution is -2.30. The Morgan fingerprint density at radius 2 is 0.430 bits per heavy atom. The Kier molecular flexibility index (Phi) is 77.9. The molecule has 0 radical (unpaired) electrons. The van der Waals surface area contributed by atoms with Crippen LogP contribution in [0.2, 0.25) is 0 Å². The minimum absolute atomic E-state index is 0.108. The van der Waals surface area contributed by atoms with E-state index in [9.17, 15) is 43.2 Å². The highest BCUT2D eigenvalue weighted by Crippen LogP contribution is 2.45. The van der Waals surface area contributed by atoms with Crippen LogP contribution in [0.4, 0.5) is 0 Å². The van der Waals surface area contributed by atoms with Crippen LogP contribution in [-0.2, 0) is 65.4 Å². The van der Waals surface area contributed by atoms with Gasteiger partial charge < -0.3 is 33.8 Å². The summed E-state index contributed by atoms with van der Waals surface area (Å²) in [5.74, 6) is -0.482. The molecule has 0 fully saturated rings. The molecule has 0 aliphatic rings. The molecule has 0 amide bonds. The van der Waals surface area contributed by atoms with E-state index in [2.05, 4.69) is 41.5 Å². The molecule has 3 N–H and O–H groups in total. The molecule has 0 saturated heterocycles. The number of phosphoric ester groups is 2. The number of ether oxygens (including phenoxy) is 4. The van der Waals surface area contributed by atoms with Gasteiger partial charge >= 0.3 is 39.5 Å². The highest BCUT2D eigenvalue weighted by atomic mass is 31.2. The quantitative estimate of drug-likeness (QED) is 0.0222. The van der Waals surface area contributed by atoms with Gasteiger partial charge in [-0.15, -0.1) is 0 Å². The molecule has 5 atom stereocenters. The van der Waals surface area contributed by atoms with Crippen molar-refractivity contribution < 1.29 is 80.2 Å². The lowest BCUT2D eigenvalue weighted by atomic mass is 10.0. The lowest BCUT2D eigenvalue weighted by molar-refractivity contribution is -0.161. The van der Waals surface area contributed by atoms with Crippen LogP contribution in [0, 0.1) is 11.8 Å². The molecule has 0 aliphatic carbocycles. The second-order valence-electron chi connectivity index (χ2n) is 32.6. The third kappa shape index (κ3) is 81.9. The largest absolute Gasteiger partial charge is 0.472 e. The van der Waals surface area contributed by atoms with Crippen molar-refractivity contribution in [3.8, 4) is 0 Å². The summed E-state index contributed by atoms with van der Waals surface area (Å²) in [6, 6.07) is 0.